The first-order chi connectivity index (χ1) is 9.08. The quantitative estimate of drug-likeness (QED) is 0.662. The highest BCUT2D eigenvalue weighted by molar-refractivity contribution is 7.12. The van der Waals surface area contributed by atoms with Crippen LogP contribution in [-0.2, 0) is 0 Å². The molecule has 1 unspecified atom stereocenters. The third-order valence-corrected chi connectivity index (χ3v) is 3.27. The summed E-state index contributed by atoms with van der Waals surface area (Å²) in [5.41, 5.74) is 0.166. The maximum absolute atomic E-state index is 12.7. The van der Waals surface area contributed by atoms with Crippen molar-refractivity contribution in [3.05, 3.63) is 58.0 Å². The summed E-state index contributed by atoms with van der Waals surface area (Å²) < 4.78 is 12.7. The number of thiophene rings is 1. The number of aliphatic hydroxyl groups is 1. The van der Waals surface area contributed by atoms with E-state index in [2.05, 4.69) is 5.32 Å². The Morgan fingerprint density at radius 1 is 1.21 bits per heavy atom. The fraction of sp³-hybridized carbons (Fsp3) is 0.0769. The fourth-order valence-electron chi connectivity index (χ4n) is 1.43. The van der Waals surface area contributed by atoms with Crippen LogP contribution in [-0.4, -0.2) is 23.0 Å². The summed E-state index contributed by atoms with van der Waals surface area (Å²) in [6.45, 7) is 0. The maximum Gasteiger partial charge on any atom is 0.253 e. The molecule has 0 fully saturated rings. The Hall–Kier alpha value is -2.05. The number of halogens is 1. The number of carbonyl (C=O) groups excluding carboxylic acids is 2. The van der Waals surface area contributed by atoms with Crippen molar-refractivity contribution in [2.24, 2.45) is 0 Å². The molecule has 2 aromatic rings. The molecular weight excluding hydrogens is 269 g/mol. The number of aliphatic hydroxyl groups excluding tert-OH is 1. The molecule has 1 heterocycles. The molecule has 0 saturated heterocycles. The molecule has 1 atom stereocenters. The number of carbonyl (C=O) groups is 2. The number of ketones is 1. The van der Waals surface area contributed by atoms with E-state index in [1.165, 1.54) is 23.5 Å². The van der Waals surface area contributed by atoms with E-state index in [9.17, 15) is 19.1 Å². The highest BCUT2D eigenvalue weighted by atomic mass is 32.1. The highest BCUT2D eigenvalue weighted by Crippen LogP contribution is 2.11. The third-order valence-electron chi connectivity index (χ3n) is 2.39. The lowest BCUT2D eigenvalue weighted by Crippen LogP contribution is -2.40. The molecule has 0 aliphatic carbocycles. The van der Waals surface area contributed by atoms with Crippen molar-refractivity contribution in [3.63, 3.8) is 0 Å². The van der Waals surface area contributed by atoms with Gasteiger partial charge in [-0.05, 0) is 35.7 Å². The van der Waals surface area contributed by atoms with Crippen LogP contribution in [0.25, 0.3) is 0 Å². The summed E-state index contributed by atoms with van der Waals surface area (Å²) in [7, 11) is 0. The minimum Gasteiger partial charge on any atom is -0.367 e. The zero-order valence-corrected chi connectivity index (χ0v) is 10.5. The van der Waals surface area contributed by atoms with Crippen molar-refractivity contribution in [2.75, 3.05) is 0 Å². The van der Waals surface area contributed by atoms with E-state index in [1.807, 2.05) is 0 Å². The molecule has 1 amide bonds. The monoisotopic (exact) mass is 279 g/mol. The largest absolute Gasteiger partial charge is 0.367 e. The van der Waals surface area contributed by atoms with Crippen LogP contribution in [0, 0.1) is 5.82 Å². The molecule has 0 aliphatic rings. The average Bonchev–Trinajstić information content (AvgIpc) is 2.92. The Kier molecular flexibility index (Phi) is 4.03. The van der Waals surface area contributed by atoms with Crippen molar-refractivity contribution >= 4 is 23.0 Å². The van der Waals surface area contributed by atoms with Crippen LogP contribution in [0.3, 0.4) is 0 Å². The number of hydrogen-bond acceptors (Lipinski definition) is 4. The molecule has 2 rings (SSSR count). The lowest BCUT2D eigenvalue weighted by molar-refractivity contribution is 0.0610. The number of nitrogens with one attached hydrogen (secondary N) is 1. The Morgan fingerprint density at radius 2 is 1.89 bits per heavy atom. The van der Waals surface area contributed by atoms with Crippen molar-refractivity contribution in [1.29, 1.82) is 0 Å². The van der Waals surface area contributed by atoms with Crippen molar-refractivity contribution in [3.8, 4) is 0 Å². The number of rotatable bonds is 4. The average molecular weight is 279 g/mol. The molecule has 1 aromatic carbocycles. The van der Waals surface area contributed by atoms with Gasteiger partial charge in [0.25, 0.3) is 5.91 Å². The van der Waals surface area contributed by atoms with E-state index in [4.69, 9.17) is 0 Å². The van der Waals surface area contributed by atoms with Crippen LogP contribution in [0.2, 0.25) is 0 Å². The van der Waals surface area contributed by atoms with Gasteiger partial charge in [0.2, 0.25) is 5.78 Å². The van der Waals surface area contributed by atoms with Gasteiger partial charge in [-0.25, -0.2) is 4.39 Å². The second-order valence-corrected chi connectivity index (χ2v) is 4.67. The first-order valence-corrected chi connectivity index (χ1v) is 6.28. The standard InChI is InChI=1S/C13H10FNO3S/c14-9-5-3-8(4-6-9)12(17)15-13(18)11(16)10-2-1-7-19-10/h1-7,13,18H,(H,15,17). The highest BCUT2D eigenvalue weighted by Gasteiger charge is 2.20. The molecule has 98 valence electrons. The van der Waals surface area contributed by atoms with E-state index in [-0.39, 0.29) is 5.56 Å². The predicted octanol–water partition coefficient (Wildman–Crippen LogP) is 1.82. The topological polar surface area (TPSA) is 66.4 Å². The van der Waals surface area contributed by atoms with E-state index in [0.717, 1.165) is 12.1 Å². The van der Waals surface area contributed by atoms with Crippen LogP contribution in [0.1, 0.15) is 20.0 Å². The van der Waals surface area contributed by atoms with Crippen molar-refractivity contribution < 1.29 is 19.1 Å². The number of Topliss-reactive ketones (excluding diaryl/α,β-unsaturated/α-hetero) is 1. The Morgan fingerprint density at radius 3 is 2.47 bits per heavy atom. The van der Waals surface area contributed by atoms with E-state index < -0.39 is 23.7 Å². The third kappa shape index (κ3) is 3.24. The molecule has 6 heteroatoms. The molecule has 2 N–H and O–H groups in total. The maximum atomic E-state index is 12.7. The lowest BCUT2D eigenvalue weighted by Gasteiger charge is -2.10. The Labute approximate surface area is 112 Å². The SMILES string of the molecule is O=C(NC(O)C(=O)c1cccs1)c1ccc(F)cc1. The van der Waals surface area contributed by atoms with Gasteiger partial charge < -0.3 is 10.4 Å². The number of amides is 1. The van der Waals surface area contributed by atoms with Crippen LogP contribution >= 0.6 is 11.3 Å². The summed E-state index contributed by atoms with van der Waals surface area (Å²) in [6, 6.07) is 8.03. The fourth-order valence-corrected chi connectivity index (χ4v) is 2.12. The first kappa shape index (κ1) is 13.4. The van der Waals surface area contributed by atoms with Crippen LogP contribution < -0.4 is 5.32 Å². The van der Waals surface area contributed by atoms with Crippen molar-refractivity contribution in [1.82, 2.24) is 5.32 Å². The van der Waals surface area contributed by atoms with Gasteiger partial charge in [0, 0.05) is 5.56 Å². The zero-order chi connectivity index (χ0) is 13.8. The number of benzene rings is 1. The van der Waals surface area contributed by atoms with Gasteiger partial charge in [-0.2, -0.15) is 0 Å². The smallest absolute Gasteiger partial charge is 0.253 e. The predicted molar refractivity (Wildman–Crippen MR) is 68.5 cm³/mol. The van der Waals surface area contributed by atoms with Crippen LogP contribution in [0.15, 0.2) is 41.8 Å². The molecule has 0 bridgehead atoms. The molecule has 4 nitrogen and oxygen atoms in total. The molecular formula is C13H10FNO3S. The molecule has 1 aromatic heterocycles. The van der Waals surface area contributed by atoms with Gasteiger partial charge in [0.05, 0.1) is 4.88 Å². The van der Waals surface area contributed by atoms with Crippen LogP contribution in [0.4, 0.5) is 4.39 Å². The van der Waals surface area contributed by atoms with Crippen molar-refractivity contribution in [2.45, 2.75) is 6.23 Å². The van der Waals surface area contributed by atoms with Gasteiger partial charge in [-0.15, -0.1) is 11.3 Å². The molecule has 0 saturated carbocycles. The number of hydrogen-bond donors (Lipinski definition) is 2. The molecule has 0 spiro atoms. The van der Waals surface area contributed by atoms with E-state index >= 15 is 0 Å². The summed E-state index contributed by atoms with van der Waals surface area (Å²) in [5.74, 6) is -1.69. The molecule has 0 aliphatic heterocycles. The first-order valence-electron chi connectivity index (χ1n) is 5.40. The molecule has 0 radical (unpaired) electrons. The van der Waals surface area contributed by atoms with E-state index in [0.29, 0.717) is 4.88 Å². The Bertz CT molecular complexity index is 580. The summed E-state index contributed by atoms with van der Waals surface area (Å²) in [5, 5.41) is 13.5. The second kappa shape index (κ2) is 5.73. The summed E-state index contributed by atoms with van der Waals surface area (Å²) in [6.07, 6.45) is -1.61. The second-order valence-electron chi connectivity index (χ2n) is 3.72. The van der Waals surface area contributed by atoms with Gasteiger partial charge in [0.1, 0.15) is 5.82 Å². The minimum atomic E-state index is -1.61. The lowest BCUT2D eigenvalue weighted by atomic mass is 10.2. The summed E-state index contributed by atoms with van der Waals surface area (Å²) in [4.78, 5) is 23.8. The normalized spacial score (nSPS) is 11.9. The van der Waals surface area contributed by atoms with E-state index in [1.54, 1.807) is 17.5 Å². The van der Waals surface area contributed by atoms with Gasteiger partial charge >= 0.3 is 0 Å². The van der Waals surface area contributed by atoms with Gasteiger partial charge in [-0.1, -0.05) is 6.07 Å². The van der Waals surface area contributed by atoms with Gasteiger partial charge in [0.15, 0.2) is 6.23 Å². The Balaban J connectivity index is 2.02. The summed E-state index contributed by atoms with van der Waals surface area (Å²) >= 11 is 1.17. The molecule has 19 heavy (non-hydrogen) atoms. The van der Waals surface area contributed by atoms with Gasteiger partial charge in [-0.3, -0.25) is 9.59 Å². The van der Waals surface area contributed by atoms with Crippen LogP contribution in [0.5, 0.6) is 0 Å². The minimum absolute atomic E-state index is 0.166. The zero-order valence-electron chi connectivity index (χ0n) is 9.67.